The average Bonchev–Trinajstić information content (AvgIpc) is 3.13. The van der Waals surface area contributed by atoms with Crippen molar-refractivity contribution in [3.05, 3.63) is 60.9 Å². The minimum absolute atomic E-state index is 0.0534. The molecule has 3 atom stereocenters. The van der Waals surface area contributed by atoms with Crippen LogP contribution in [0.2, 0.25) is 0 Å². The van der Waals surface area contributed by atoms with Crippen LogP contribution in [0.4, 0.5) is 0 Å². The van der Waals surface area contributed by atoms with E-state index < -0.39 is 45.8 Å². The third kappa shape index (κ3) is 37.7. The molecule has 0 aliphatic rings. The van der Waals surface area contributed by atoms with E-state index in [-0.39, 0.29) is 13.0 Å². The molecule has 0 fully saturated rings. The monoisotopic (exact) mass is 755 g/mol. The largest absolute Gasteiger partial charge is 0.498 e. The van der Waals surface area contributed by atoms with Crippen molar-refractivity contribution in [2.24, 2.45) is 0 Å². The third-order valence-corrected chi connectivity index (χ3v) is 9.23. The molecule has 0 bridgehead atoms. The first-order chi connectivity index (χ1) is 25.3. The van der Waals surface area contributed by atoms with Gasteiger partial charge in [-0.25, -0.2) is 4.57 Å². The van der Waals surface area contributed by atoms with Crippen LogP contribution < -0.4 is 0 Å². The van der Waals surface area contributed by atoms with E-state index in [0.717, 1.165) is 51.4 Å². The van der Waals surface area contributed by atoms with Crippen LogP contribution in [0.15, 0.2) is 60.9 Å². The molecule has 0 rings (SSSR count). The highest BCUT2D eigenvalue weighted by molar-refractivity contribution is 7.47. The second-order valence-corrected chi connectivity index (χ2v) is 14.8. The van der Waals surface area contributed by atoms with Gasteiger partial charge in [-0.1, -0.05) is 146 Å². The number of phosphoric ester groups is 1. The van der Waals surface area contributed by atoms with E-state index in [1.807, 2.05) is 6.08 Å². The zero-order valence-electron chi connectivity index (χ0n) is 32.8. The van der Waals surface area contributed by atoms with E-state index in [0.29, 0.717) is 6.42 Å². The van der Waals surface area contributed by atoms with Crippen molar-refractivity contribution in [2.45, 2.75) is 174 Å². The number of carbonyl (C=O) groups excluding carboxylic acids is 1. The summed E-state index contributed by atoms with van der Waals surface area (Å²) >= 11 is 0. The first-order valence-corrected chi connectivity index (χ1v) is 21.8. The molecule has 302 valence electrons. The van der Waals surface area contributed by atoms with Gasteiger partial charge in [0, 0.05) is 6.42 Å². The van der Waals surface area contributed by atoms with E-state index in [2.05, 4.69) is 62.5 Å². The van der Waals surface area contributed by atoms with Crippen molar-refractivity contribution in [2.75, 3.05) is 26.4 Å². The molecule has 52 heavy (non-hydrogen) atoms. The maximum Gasteiger partial charge on any atom is 0.472 e. The Kier molecular flexibility index (Phi) is 37.2. The van der Waals surface area contributed by atoms with Gasteiger partial charge >= 0.3 is 13.8 Å². The second kappa shape index (κ2) is 38.7. The number of carbonyl (C=O) groups is 1. The van der Waals surface area contributed by atoms with Gasteiger partial charge in [0.15, 0.2) is 6.10 Å². The number of aliphatic hydroxyl groups is 2. The summed E-state index contributed by atoms with van der Waals surface area (Å²) in [6.07, 6.45) is 44.1. The van der Waals surface area contributed by atoms with Crippen molar-refractivity contribution in [3.8, 4) is 0 Å². The predicted octanol–water partition coefficient (Wildman–Crippen LogP) is 11.2. The number of esters is 1. The third-order valence-electron chi connectivity index (χ3n) is 8.28. The standard InChI is InChI=1S/C42H75O9P/c1-3-5-7-9-11-13-15-17-19-21-23-25-27-29-31-33-35-48-38-41(39-50-52(46,47)49-37-40(44)36-43)51-42(45)34-32-30-28-26-24-22-20-18-16-14-12-10-8-6-4-2/h6,8,12,14,18,20,24,26,33,35,40-41,43-44H,3-5,7,9-11,13,15-17,19,21-23,25,27-32,34,36-39H2,1-2H3,(H,46,47)/b8-6-,14-12-,20-18-,26-24-,35-33-/t40-,41+/m0/s1. The lowest BCUT2D eigenvalue weighted by molar-refractivity contribution is -0.153. The number of hydrogen-bond acceptors (Lipinski definition) is 8. The summed E-state index contributed by atoms with van der Waals surface area (Å²) in [4.78, 5) is 22.5. The summed E-state index contributed by atoms with van der Waals surface area (Å²) in [6, 6.07) is 0. The molecule has 0 aliphatic heterocycles. The van der Waals surface area contributed by atoms with Gasteiger partial charge in [0.2, 0.25) is 0 Å². The molecule has 0 saturated carbocycles. The van der Waals surface area contributed by atoms with Crippen molar-refractivity contribution < 1.29 is 43.0 Å². The van der Waals surface area contributed by atoms with Crippen LogP contribution in [-0.4, -0.2) is 59.7 Å². The summed E-state index contributed by atoms with van der Waals surface area (Å²) in [5.74, 6) is -0.446. The van der Waals surface area contributed by atoms with Gasteiger partial charge < -0.3 is 24.6 Å². The lowest BCUT2D eigenvalue weighted by Gasteiger charge is -2.20. The summed E-state index contributed by atoms with van der Waals surface area (Å²) in [7, 11) is -4.54. The molecule has 0 spiro atoms. The van der Waals surface area contributed by atoms with Crippen LogP contribution in [-0.2, 0) is 27.9 Å². The summed E-state index contributed by atoms with van der Waals surface area (Å²) in [6.45, 7) is 2.71. The minimum Gasteiger partial charge on any atom is -0.498 e. The van der Waals surface area contributed by atoms with Crippen LogP contribution in [0.3, 0.4) is 0 Å². The van der Waals surface area contributed by atoms with Crippen LogP contribution in [0.25, 0.3) is 0 Å². The Hall–Kier alpha value is -2.00. The molecule has 0 amide bonds. The lowest BCUT2D eigenvalue weighted by atomic mass is 10.0. The maximum atomic E-state index is 12.5. The van der Waals surface area contributed by atoms with Crippen molar-refractivity contribution in [1.29, 1.82) is 0 Å². The Labute approximate surface area is 317 Å². The van der Waals surface area contributed by atoms with Crippen LogP contribution in [0, 0.1) is 0 Å². The Balaban J connectivity index is 4.33. The molecule has 0 radical (unpaired) electrons. The Bertz CT molecular complexity index is 992. The molecule has 0 aliphatic carbocycles. The van der Waals surface area contributed by atoms with Crippen LogP contribution in [0.5, 0.6) is 0 Å². The number of aliphatic hydroxyl groups excluding tert-OH is 2. The van der Waals surface area contributed by atoms with E-state index >= 15 is 0 Å². The number of unbranched alkanes of at least 4 members (excludes halogenated alkanes) is 16. The number of hydrogen-bond donors (Lipinski definition) is 3. The highest BCUT2D eigenvalue weighted by Crippen LogP contribution is 2.43. The van der Waals surface area contributed by atoms with Crippen molar-refractivity contribution in [1.82, 2.24) is 0 Å². The van der Waals surface area contributed by atoms with Crippen LogP contribution in [0.1, 0.15) is 162 Å². The number of phosphoric acid groups is 1. The fraction of sp³-hybridized carbons (Fsp3) is 0.738. The summed E-state index contributed by atoms with van der Waals surface area (Å²) in [5, 5.41) is 18.3. The second-order valence-electron chi connectivity index (χ2n) is 13.3. The predicted molar refractivity (Wildman–Crippen MR) is 214 cm³/mol. The molecule has 0 aromatic heterocycles. The topological polar surface area (TPSA) is 132 Å². The van der Waals surface area contributed by atoms with Gasteiger partial charge in [0.25, 0.3) is 0 Å². The van der Waals surface area contributed by atoms with Gasteiger partial charge in [0.05, 0.1) is 26.1 Å². The SMILES string of the molecule is CC/C=C\C/C=C\C/C=C\C/C=C\CCCCC(=O)O[C@H](CO/C=C\CCCCCCCCCCCCCCCC)COP(=O)(O)OC[C@@H](O)CO. The number of ether oxygens (including phenoxy) is 2. The van der Waals surface area contributed by atoms with Gasteiger partial charge in [-0.3, -0.25) is 13.8 Å². The zero-order chi connectivity index (χ0) is 38.2. The molecular formula is C42H75O9P. The maximum absolute atomic E-state index is 12.5. The Morgan fingerprint density at radius 1 is 0.615 bits per heavy atom. The van der Waals surface area contributed by atoms with Crippen molar-refractivity contribution >= 4 is 13.8 Å². The fourth-order valence-electron chi connectivity index (χ4n) is 5.19. The number of rotatable bonds is 38. The average molecular weight is 755 g/mol. The fourth-order valence-corrected chi connectivity index (χ4v) is 5.98. The van der Waals surface area contributed by atoms with E-state index in [9.17, 15) is 19.4 Å². The molecular weight excluding hydrogens is 679 g/mol. The Morgan fingerprint density at radius 3 is 1.65 bits per heavy atom. The minimum atomic E-state index is -4.54. The van der Waals surface area contributed by atoms with Crippen molar-refractivity contribution in [3.63, 3.8) is 0 Å². The zero-order valence-corrected chi connectivity index (χ0v) is 33.7. The van der Waals surface area contributed by atoms with Gasteiger partial charge in [-0.2, -0.15) is 0 Å². The van der Waals surface area contributed by atoms with Gasteiger partial charge in [0.1, 0.15) is 12.7 Å². The van der Waals surface area contributed by atoms with E-state index in [1.165, 1.54) is 83.5 Å². The molecule has 10 heteroatoms. The first kappa shape index (κ1) is 50.0. The molecule has 0 heterocycles. The smallest absolute Gasteiger partial charge is 0.472 e. The lowest BCUT2D eigenvalue weighted by Crippen LogP contribution is -2.28. The van der Waals surface area contributed by atoms with E-state index in [1.54, 1.807) is 6.26 Å². The highest BCUT2D eigenvalue weighted by Gasteiger charge is 2.26. The molecule has 1 unspecified atom stereocenters. The summed E-state index contributed by atoms with van der Waals surface area (Å²) in [5.41, 5.74) is 0. The van der Waals surface area contributed by atoms with Gasteiger partial charge in [-0.15, -0.1) is 0 Å². The first-order valence-electron chi connectivity index (χ1n) is 20.3. The molecule has 3 N–H and O–H groups in total. The normalized spacial score (nSPS) is 14.7. The highest BCUT2D eigenvalue weighted by atomic mass is 31.2. The molecule has 9 nitrogen and oxygen atoms in total. The molecule has 0 saturated heterocycles. The molecule has 0 aromatic carbocycles. The Morgan fingerprint density at radius 2 is 1.10 bits per heavy atom. The van der Waals surface area contributed by atoms with E-state index in [4.69, 9.17) is 23.6 Å². The molecule has 0 aromatic rings. The van der Waals surface area contributed by atoms with Crippen LogP contribution >= 0.6 is 7.82 Å². The summed E-state index contributed by atoms with van der Waals surface area (Å²) < 4.78 is 33.0. The number of allylic oxidation sites excluding steroid dienone is 9. The quantitative estimate of drug-likeness (QED) is 0.0185. The van der Waals surface area contributed by atoms with Gasteiger partial charge in [-0.05, 0) is 63.9 Å².